The van der Waals surface area contributed by atoms with Crippen LogP contribution in [0.1, 0.15) is 28.2 Å². The van der Waals surface area contributed by atoms with E-state index in [0.717, 1.165) is 51.9 Å². The molecular formula is C23H23N3O3S. The number of carbonyl (C=O) groups excluding carboxylic acids is 1. The predicted octanol–water partition coefficient (Wildman–Crippen LogP) is 5.13. The number of likely N-dealkylation sites (tertiary alicyclic amines) is 1. The number of rotatable bonds is 5. The molecule has 5 rings (SSSR count). The van der Waals surface area contributed by atoms with Crippen molar-refractivity contribution in [2.45, 2.75) is 25.8 Å². The van der Waals surface area contributed by atoms with Crippen molar-refractivity contribution in [2.24, 2.45) is 0 Å². The second-order valence-corrected chi connectivity index (χ2v) is 8.74. The van der Waals surface area contributed by atoms with Crippen LogP contribution in [-0.4, -0.2) is 47.1 Å². The van der Waals surface area contributed by atoms with Crippen molar-refractivity contribution in [3.63, 3.8) is 0 Å². The first-order valence-electron chi connectivity index (χ1n) is 10.1. The van der Waals surface area contributed by atoms with Gasteiger partial charge in [0.15, 0.2) is 0 Å². The topological polar surface area (TPSA) is 67.4 Å². The lowest BCUT2D eigenvalue weighted by Gasteiger charge is -2.23. The van der Waals surface area contributed by atoms with Crippen molar-refractivity contribution in [3.8, 4) is 11.5 Å². The van der Waals surface area contributed by atoms with Gasteiger partial charge in [0, 0.05) is 42.5 Å². The Hall–Kier alpha value is -2.90. The van der Waals surface area contributed by atoms with Crippen LogP contribution in [0.15, 0.2) is 42.6 Å². The van der Waals surface area contributed by atoms with E-state index in [-0.39, 0.29) is 11.9 Å². The first-order chi connectivity index (χ1) is 14.6. The predicted molar refractivity (Wildman–Crippen MR) is 119 cm³/mol. The number of hydrogen-bond donors (Lipinski definition) is 1. The second kappa shape index (κ2) is 7.74. The molecule has 6 nitrogen and oxygen atoms in total. The molecular weight excluding hydrogens is 398 g/mol. The number of aromatic nitrogens is 2. The third-order valence-corrected chi connectivity index (χ3v) is 6.67. The van der Waals surface area contributed by atoms with E-state index in [1.807, 2.05) is 42.2 Å². The Balaban J connectivity index is 1.45. The Labute approximate surface area is 178 Å². The number of aromatic amines is 1. The van der Waals surface area contributed by atoms with Gasteiger partial charge in [-0.15, -0.1) is 11.3 Å². The van der Waals surface area contributed by atoms with Crippen LogP contribution in [0.25, 0.3) is 21.1 Å². The molecule has 30 heavy (non-hydrogen) atoms. The molecule has 4 aromatic rings. The molecule has 0 spiro atoms. The quantitative estimate of drug-likeness (QED) is 0.485. The maximum atomic E-state index is 13.1. The average molecular weight is 422 g/mol. The molecule has 0 aliphatic carbocycles. The number of hydrogen-bond acceptors (Lipinski definition) is 5. The van der Waals surface area contributed by atoms with E-state index in [9.17, 15) is 4.79 Å². The summed E-state index contributed by atoms with van der Waals surface area (Å²) in [4.78, 5) is 23.5. The van der Waals surface area contributed by atoms with Gasteiger partial charge in [-0.2, -0.15) is 0 Å². The molecule has 1 saturated heterocycles. The molecule has 1 atom stereocenters. The summed E-state index contributed by atoms with van der Waals surface area (Å²) in [5.74, 6) is 1.52. The highest BCUT2D eigenvalue weighted by atomic mass is 32.1. The summed E-state index contributed by atoms with van der Waals surface area (Å²) in [6.07, 6.45) is 3.72. The summed E-state index contributed by atoms with van der Waals surface area (Å²) in [5, 5.41) is 1.11. The number of aryl methyl sites for hydroxylation is 1. The van der Waals surface area contributed by atoms with Gasteiger partial charge in [0.1, 0.15) is 11.5 Å². The minimum atomic E-state index is 0.0488. The third kappa shape index (κ3) is 3.44. The smallest absolute Gasteiger partial charge is 0.264 e. The number of ether oxygens (including phenoxy) is 2. The van der Waals surface area contributed by atoms with Crippen LogP contribution in [0.3, 0.4) is 0 Å². The van der Waals surface area contributed by atoms with Crippen molar-refractivity contribution in [1.82, 2.24) is 14.9 Å². The Kier molecular flexibility index (Phi) is 4.92. The zero-order valence-electron chi connectivity index (χ0n) is 17.0. The van der Waals surface area contributed by atoms with Crippen molar-refractivity contribution < 1.29 is 14.3 Å². The number of thiophene rings is 1. The first kappa shape index (κ1) is 19.1. The summed E-state index contributed by atoms with van der Waals surface area (Å²) in [5.41, 5.74) is 2.98. The van der Waals surface area contributed by atoms with Gasteiger partial charge in [0.05, 0.1) is 27.7 Å². The molecule has 1 aromatic carbocycles. The Morgan fingerprint density at radius 2 is 2.20 bits per heavy atom. The van der Waals surface area contributed by atoms with E-state index < -0.39 is 0 Å². The summed E-state index contributed by atoms with van der Waals surface area (Å²) < 4.78 is 12.4. The molecule has 1 aliphatic rings. The Morgan fingerprint density at radius 3 is 3.07 bits per heavy atom. The molecule has 0 radical (unpaired) electrons. The monoisotopic (exact) mass is 421 g/mol. The van der Waals surface area contributed by atoms with Crippen LogP contribution in [0.4, 0.5) is 0 Å². The molecule has 4 heterocycles. The lowest BCUT2D eigenvalue weighted by Crippen LogP contribution is -2.37. The maximum absolute atomic E-state index is 13.1. The van der Waals surface area contributed by atoms with E-state index in [0.29, 0.717) is 17.2 Å². The first-order valence-corrected chi connectivity index (χ1v) is 10.9. The lowest BCUT2D eigenvalue weighted by molar-refractivity contribution is 0.0635. The van der Waals surface area contributed by atoms with Crippen molar-refractivity contribution in [3.05, 3.63) is 53.2 Å². The lowest BCUT2D eigenvalue weighted by atomic mass is 10.2. The Bertz CT molecular complexity index is 1230. The average Bonchev–Trinajstić information content (AvgIpc) is 3.45. The second-order valence-electron chi connectivity index (χ2n) is 7.69. The van der Waals surface area contributed by atoms with Crippen molar-refractivity contribution in [2.75, 3.05) is 20.3 Å². The third-order valence-electron chi connectivity index (χ3n) is 5.54. The summed E-state index contributed by atoms with van der Waals surface area (Å²) in [7, 11) is 1.68. The fraction of sp³-hybridized carbons (Fsp3) is 0.304. The molecule has 1 aliphatic heterocycles. The molecule has 154 valence electrons. The van der Waals surface area contributed by atoms with Crippen molar-refractivity contribution >= 4 is 38.4 Å². The van der Waals surface area contributed by atoms with Crippen LogP contribution < -0.4 is 4.74 Å². The molecule has 3 aromatic heterocycles. The number of carbonyl (C=O) groups is 1. The maximum Gasteiger partial charge on any atom is 0.264 e. The highest BCUT2D eigenvalue weighted by Crippen LogP contribution is 2.36. The molecule has 1 amide bonds. The van der Waals surface area contributed by atoms with E-state index in [4.69, 9.17) is 9.47 Å². The van der Waals surface area contributed by atoms with Gasteiger partial charge in [-0.1, -0.05) is 0 Å². The number of nitrogens with one attached hydrogen (secondary N) is 1. The molecule has 1 fully saturated rings. The van der Waals surface area contributed by atoms with Gasteiger partial charge in [0.25, 0.3) is 5.91 Å². The number of fused-ring (bicyclic) bond motifs is 2. The molecule has 0 saturated carbocycles. The number of benzene rings is 1. The number of methoxy groups -OCH3 is 1. The van der Waals surface area contributed by atoms with E-state index in [1.54, 1.807) is 13.3 Å². The number of amides is 1. The summed E-state index contributed by atoms with van der Waals surface area (Å²) in [6.45, 7) is 3.38. The Morgan fingerprint density at radius 1 is 1.30 bits per heavy atom. The van der Waals surface area contributed by atoms with Gasteiger partial charge in [-0.3, -0.25) is 9.78 Å². The van der Waals surface area contributed by atoms with Gasteiger partial charge >= 0.3 is 0 Å². The number of nitrogens with zero attached hydrogens (tertiary/aromatic N) is 2. The molecule has 1 N–H and O–H groups in total. The number of H-pyrrole nitrogens is 1. The fourth-order valence-corrected chi connectivity index (χ4v) is 5.18. The SMILES string of the molecule is COC[C@H]1CCCN1C(=O)c1cc2nccc(Oc3ccc4[nH]c(C)cc4c3)c2s1. The van der Waals surface area contributed by atoms with E-state index >= 15 is 0 Å². The highest BCUT2D eigenvalue weighted by Gasteiger charge is 2.30. The standard InChI is InChI=1S/C23H23N3O3S/c1-14-10-15-11-17(5-6-18(15)25-14)29-20-7-8-24-19-12-21(30-22(19)20)23(27)26-9-3-4-16(26)13-28-2/h5-8,10-12,16,25H,3-4,9,13H2,1-2H3/t16-/m1/s1. The fourth-order valence-electron chi connectivity index (χ4n) is 4.16. The minimum absolute atomic E-state index is 0.0488. The summed E-state index contributed by atoms with van der Waals surface area (Å²) >= 11 is 1.44. The highest BCUT2D eigenvalue weighted by molar-refractivity contribution is 7.21. The summed E-state index contributed by atoms with van der Waals surface area (Å²) in [6, 6.07) is 11.9. The van der Waals surface area contributed by atoms with Crippen LogP contribution in [0.2, 0.25) is 0 Å². The van der Waals surface area contributed by atoms with E-state index in [2.05, 4.69) is 16.0 Å². The van der Waals surface area contributed by atoms with Gasteiger partial charge < -0.3 is 19.4 Å². The minimum Gasteiger partial charge on any atom is -0.456 e. The van der Waals surface area contributed by atoms with Gasteiger partial charge in [-0.25, -0.2) is 0 Å². The molecule has 0 bridgehead atoms. The van der Waals surface area contributed by atoms with Crippen LogP contribution in [0.5, 0.6) is 11.5 Å². The largest absolute Gasteiger partial charge is 0.456 e. The normalized spacial score (nSPS) is 16.6. The zero-order chi connectivity index (χ0) is 20.7. The van der Waals surface area contributed by atoms with Crippen molar-refractivity contribution in [1.29, 1.82) is 0 Å². The van der Waals surface area contributed by atoms with Crippen LogP contribution in [-0.2, 0) is 4.74 Å². The number of pyridine rings is 1. The molecule has 7 heteroatoms. The van der Waals surface area contributed by atoms with E-state index in [1.165, 1.54) is 11.3 Å². The van der Waals surface area contributed by atoms with Gasteiger partial charge in [-0.05, 0) is 50.1 Å². The van der Waals surface area contributed by atoms with Gasteiger partial charge in [0.2, 0.25) is 0 Å². The van der Waals surface area contributed by atoms with Crippen LogP contribution in [0, 0.1) is 6.92 Å². The zero-order valence-corrected chi connectivity index (χ0v) is 17.8. The van der Waals surface area contributed by atoms with Crippen LogP contribution >= 0.6 is 11.3 Å². The molecule has 0 unspecified atom stereocenters.